The second-order valence-electron chi connectivity index (χ2n) is 3.39. The van der Waals surface area contributed by atoms with E-state index in [4.69, 9.17) is 0 Å². The Labute approximate surface area is 91.2 Å². The van der Waals surface area contributed by atoms with Crippen LogP contribution in [0.3, 0.4) is 0 Å². The third-order valence-electron chi connectivity index (χ3n) is 1.99. The Hall–Kier alpha value is -2.25. The van der Waals surface area contributed by atoms with E-state index in [9.17, 15) is 4.79 Å². The number of carbonyl (C=O) groups excluding carboxylic acids is 1. The average molecular weight is 221 g/mol. The van der Waals surface area contributed by atoms with Gasteiger partial charge in [-0.25, -0.2) is 0 Å². The first-order chi connectivity index (χ1) is 7.66. The van der Waals surface area contributed by atoms with Crippen molar-refractivity contribution in [3.05, 3.63) is 12.1 Å². The Morgan fingerprint density at radius 3 is 3.06 bits per heavy atom. The van der Waals surface area contributed by atoms with Gasteiger partial charge in [0.15, 0.2) is 5.65 Å². The molecule has 0 aliphatic rings. The number of nitrogens with zero attached hydrogens (tertiary/aromatic N) is 6. The van der Waals surface area contributed by atoms with Crippen LogP contribution in [0.1, 0.15) is 0 Å². The van der Waals surface area contributed by atoms with E-state index < -0.39 is 0 Å². The van der Waals surface area contributed by atoms with Crippen LogP contribution in [0.5, 0.6) is 0 Å². The fourth-order valence-electron chi connectivity index (χ4n) is 1.07. The first-order valence-corrected chi connectivity index (χ1v) is 4.66. The largest absolute Gasteiger partial charge is 0.360 e. The van der Waals surface area contributed by atoms with Crippen molar-refractivity contribution in [2.75, 3.05) is 26.0 Å². The predicted octanol–water partition coefficient (Wildman–Crippen LogP) is -0.981. The number of likely N-dealkylation sites (N-methyl/N-ethyl adjacent to an activating group) is 1. The van der Waals surface area contributed by atoms with Crippen molar-refractivity contribution in [3.8, 4) is 0 Å². The summed E-state index contributed by atoms with van der Waals surface area (Å²) in [6.45, 7) is 0.188. The highest BCUT2D eigenvalue weighted by molar-refractivity contribution is 5.80. The number of tetrazole rings is 1. The van der Waals surface area contributed by atoms with Crippen LogP contribution in [0, 0.1) is 0 Å². The summed E-state index contributed by atoms with van der Waals surface area (Å²) in [7, 11) is 3.39. The molecule has 0 aliphatic carbocycles. The number of amides is 1. The molecular weight excluding hydrogens is 210 g/mol. The molecule has 1 amide bonds. The van der Waals surface area contributed by atoms with Gasteiger partial charge in [-0.3, -0.25) is 4.79 Å². The molecule has 0 bridgehead atoms. The first kappa shape index (κ1) is 10.3. The fraction of sp³-hybridized carbons (Fsp3) is 0.375. The molecule has 0 aromatic carbocycles. The monoisotopic (exact) mass is 221 g/mol. The quantitative estimate of drug-likeness (QED) is 0.716. The molecule has 1 N–H and O–H groups in total. The van der Waals surface area contributed by atoms with Crippen molar-refractivity contribution in [2.45, 2.75) is 0 Å². The van der Waals surface area contributed by atoms with Gasteiger partial charge in [0.05, 0.1) is 6.54 Å². The molecule has 8 nitrogen and oxygen atoms in total. The first-order valence-electron chi connectivity index (χ1n) is 4.66. The molecule has 0 saturated carbocycles. The SMILES string of the molecule is CN(C)C(=O)CNc1ccc2nnnn2n1. The normalized spacial score (nSPS) is 10.4. The van der Waals surface area contributed by atoms with Gasteiger partial charge in [0.2, 0.25) is 5.91 Å². The highest BCUT2D eigenvalue weighted by Crippen LogP contribution is 2.02. The predicted molar refractivity (Wildman–Crippen MR) is 55.8 cm³/mol. The molecule has 0 spiro atoms. The van der Waals surface area contributed by atoms with Gasteiger partial charge in [0.1, 0.15) is 5.82 Å². The molecule has 16 heavy (non-hydrogen) atoms. The number of hydrogen-bond acceptors (Lipinski definition) is 6. The lowest BCUT2D eigenvalue weighted by atomic mass is 10.5. The number of nitrogens with one attached hydrogen (secondary N) is 1. The minimum absolute atomic E-state index is 0.0291. The smallest absolute Gasteiger partial charge is 0.241 e. The number of anilines is 1. The van der Waals surface area contributed by atoms with Crippen LogP contribution in [0.25, 0.3) is 5.65 Å². The summed E-state index contributed by atoms with van der Waals surface area (Å²) in [5.74, 6) is 0.522. The molecule has 0 radical (unpaired) electrons. The zero-order valence-electron chi connectivity index (χ0n) is 8.95. The molecular formula is C8H11N7O. The third-order valence-corrected chi connectivity index (χ3v) is 1.99. The van der Waals surface area contributed by atoms with E-state index >= 15 is 0 Å². The summed E-state index contributed by atoms with van der Waals surface area (Å²) >= 11 is 0. The average Bonchev–Trinajstić information content (AvgIpc) is 2.72. The molecule has 0 aliphatic heterocycles. The standard InChI is InChI=1S/C8H11N7O/c1-14(2)8(16)5-9-6-3-4-7-10-12-13-15(7)11-6/h3-4H,5H2,1-2H3,(H,9,11). The van der Waals surface area contributed by atoms with Gasteiger partial charge >= 0.3 is 0 Å². The van der Waals surface area contributed by atoms with E-state index in [0.717, 1.165) is 0 Å². The summed E-state index contributed by atoms with van der Waals surface area (Å²) in [6.07, 6.45) is 0. The van der Waals surface area contributed by atoms with Gasteiger partial charge < -0.3 is 10.2 Å². The maximum Gasteiger partial charge on any atom is 0.241 e. The van der Waals surface area contributed by atoms with E-state index in [-0.39, 0.29) is 12.5 Å². The van der Waals surface area contributed by atoms with Crippen LogP contribution >= 0.6 is 0 Å². The van der Waals surface area contributed by atoms with Gasteiger partial charge in [-0.05, 0) is 22.6 Å². The highest BCUT2D eigenvalue weighted by atomic mass is 16.2. The van der Waals surface area contributed by atoms with E-state index in [0.29, 0.717) is 11.5 Å². The maximum absolute atomic E-state index is 11.3. The number of carbonyl (C=O) groups is 1. The van der Waals surface area contributed by atoms with Gasteiger partial charge in [-0.2, -0.15) is 0 Å². The molecule has 84 valence electrons. The summed E-state index contributed by atoms with van der Waals surface area (Å²) < 4.78 is 1.29. The molecule has 0 fully saturated rings. The molecule has 8 heteroatoms. The zero-order valence-corrected chi connectivity index (χ0v) is 8.95. The molecule has 2 rings (SSSR count). The Morgan fingerprint density at radius 1 is 1.50 bits per heavy atom. The van der Waals surface area contributed by atoms with Crippen LogP contribution in [-0.2, 0) is 4.79 Å². The number of hydrogen-bond donors (Lipinski definition) is 1. The number of rotatable bonds is 3. The van der Waals surface area contributed by atoms with Crippen LogP contribution in [0.4, 0.5) is 5.82 Å². The maximum atomic E-state index is 11.3. The zero-order chi connectivity index (χ0) is 11.5. The van der Waals surface area contributed by atoms with Crippen molar-refractivity contribution in [1.29, 1.82) is 0 Å². The van der Waals surface area contributed by atoms with E-state index in [2.05, 4.69) is 25.9 Å². The Bertz CT molecular complexity index is 506. The van der Waals surface area contributed by atoms with Crippen LogP contribution < -0.4 is 5.32 Å². The van der Waals surface area contributed by atoms with Gasteiger partial charge in [0.25, 0.3) is 0 Å². The van der Waals surface area contributed by atoms with Gasteiger partial charge in [-0.15, -0.1) is 14.8 Å². The van der Waals surface area contributed by atoms with Crippen molar-refractivity contribution in [2.24, 2.45) is 0 Å². The lowest BCUT2D eigenvalue weighted by Gasteiger charge is -2.10. The Balaban J connectivity index is 2.06. The summed E-state index contributed by atoms with van der Waals surface area (Å²) in [6, 6.07) is 3.43. The van der Waals surface area contributed by atoms with Crippen molar-refractivity contribution < 1.29 is 4.79 Å². The Kier molecular flexibility index (Phi) is 2.63. The Morgan fingerprint density at radius 2 is 2.31 bits per heavy atom. The van der Waals surface area contributed by atoms with E-state index in [1.165, 1.54) is 9.53 Å². The van der Waals surface area contributed by atoms with E-state index in [1.807, 2.05) is 0 Å². The molecule has 0 atom stereocenters. The molecule has 2 heterocycles. The summed E-state index contributed by atoms with van der Waals surface area (Å²) in [5.41, 5.74) is 0.560. The fourth-order valence-corrected chi connectivity index (χ4v) is 1.07. The minimum atomic E-state index is -0.0291. The van der Waals surface area contributed by atoms with Crippen LogP contribution in [0.2, 0.25) is 0 Å². The lowest BCUT2D eigenvalue weighted by molar-refractivity contribution is -0.126. The van der Waals surface area contributed by atoms with E-state index in [1.54, 1.807) is 26.2 Å². The molecule has 0 unspecified atom stereocenters. The second kappa shape index (κ2) is 4.09. The van der Waals surface area contributed by atoms with Gasteiger partial charge in [-0.1, -0.05) is 0 Å². The van der Waals surface area contributed by atoms with Crippen LogP contribution in [-0.4, -0.2) is 56.7 Å². The molecule has 2 aromatic heterocycles. The topological polar surface area (TPSA) is 88.3 Å². The molecule has 0 saturated heterocycles. The van der Waals surface area contributed by atoms with Crippen LogP contribution in [0.15, 0.2) is 12.1 Å². The van der Waals surface area contributed by atoms with Gasteiger partial charge in [0, 0.05) is 14.1 Å². The summed E-state index contributed by atoms with van der Waals surface area (Å²) in [5, 5.41) is 17.8. The van der Waals surface area contributed by atoms with Crippen molar-refractivity contribution in [3.63, 3.8) is 0 Å². The third kappa shape index (κ3) is 2.05. The lowest BCUT2D eigenvalue weighted by Crippen LogP contribution is -2.28. The molecule has 2 aromatic rings. The van der Waals surface area contributed by atoms with Crippen molar-refractivity contribution in [1.82, 2.24) is 30.2 Å². The minimum Gasteiger partial charge on any atom is -0.360 e. The summed E-state index contributed by atoms with van der Waals surface area (Å²) in [4.78, 5) is 12.8. The number of fused-ring (bicyclic) bond motifs is 1. The second-order valence-corrected chi connectivity index (χ2v) is 3.39. The highest BCUT2D eigenvalue weighted by Gasteiger charge is 2.05. The van der Waals surface area contributed by atoms with Crippen molar-refractivity contribution >= 4 is 17.4 Å². The number of aromatic nitrogens is 5.